The van der Waals surface area contributed by atoms with Crippen molar-refractivity contribution in [1.29, 1.82) is 0 Å². The van der Waals surface area contributed by atoms with E-state index >= 15 is 0 Å². The topological polar surface area (TPSA) is 48.0 Å². The van der Waals surface area contributed by atoms with E-state index in [0.29, 0.717) is 5.82 Å². The van der Waals surface area contributed by atoms with Crippen LogP contribution in [0.1, 0.15) is 0 Å². The smallest absolute Gasteiger partial charge is 0.160 e. The zero-order valence-corrected chi connectivity index (χ0v) is 28.0. The van der Waals surface area contributed by atoms with Crippen LogP contribution in [0.4, 0.5) is 0 Å². The van der Waals surface area contributed by atoms with Gasteiger partial charge in [0, 0.05) is 43.9 Å². The zero-order valence-electron chi connectivity index (χ0n) is 28.0. The van der Waals surface area contributed by atoms with Gasteiger partial charge >= 0.3 is 0 Å². The third kappa shape index (κ3) is 4.33. The molecular weight excluding hydrogens is 635 g/mol. The van der Waals surface area contributed by atoms with Gasteiger partial charge in [0.15, 0.2) is 5.82 Å². The Kier molecular flexibility index (Phi) is 6.18. The minimum atomic E-state index is 0.689. The molecule has 0 N–H and O–H groups in total. The average Bonchev–Trinajstić information content (AvgIpc) is 3.77. The van der Waals surface area contributed by atoms with Crippen LogP contribution in [0.2, 0.25) is 0 Å². The molecule has 0 fully saturated rings. The second-order valence-corrected chi connectivity index (χ2v) is 13.3. The molecule has 0 saturated heterocycles. The SMILES string of the molecule is c1ccc(-c2cc(-c3ccccc3)nc(-c3cccc(-n4c5ccccc5c5cc6c(cc54)c4ccccc4c4nc5ccccc5n64)c3)n2)cc1. The molecule has 0 aliphatic carbocycles. The molecule has 0 amide bonds. The highest BCUT2D eigenvalue weighted by Gasteiger charge is 2.19. The zero-order chi connectivity index (χ0) is 34.2. The van der Waals surface area contributed by atoms with E-state index in [0.717, 1.165) is 72.4 Å². The Morgan fingerprint density at radius 3 is 1.67 bits per heavy atom. The van der Waals surface area contributed by atoms with Gasteiger partial charge in [-0.05, 0) is 53.9 Å². The summed E-state index contributed by atoms with van der Waals surface area (Å²) in [5, 5.41) is 5.90. The van der Waals surface area contributed by atoms with Crippen LogP contribution in [0.3, 0.4) is 0 Å². The van der Waals surface area contributed by atoms with Crippen LogP contribution < -0.4 is 0 Å². The van der Waals surface area contributed by atoms with Crippen molar-refractivity contribution in [2.45, 2.75) is 0 Å². The number of hydrogen-bond acceptors (Lipinski definition) is 3. The highest BCUT2D eigenvalue weighted by Crippen LogP contribution is 2.39. The Labute approximate surface area is 298 Å². The van der Waals surface area contributed by atoms with Crippen LogP contribution >= 0.6 is 0 Å². The van der Waals surface area contributed by atoms with E-state index in [1.165, 1.54) is 21.5 Å². The Bertz CT molecular complexity index is 3120. The number of pyridine rings is 1. The molecule has 0 bridgehead atoms. The van der Waals surface area contributed by atoms with E-state index in [9.17, 15) is 0 Å². The number of aromatic nitrogens is 5. The molecule has 242 valence electrons. The number of fused-ring (bicyclic) bond motifs is 11. The third-order valence-corrected chi connectivity index (χ3v) is 10.3. The van der Waals surface area contributed by atoms with E-state index in [-0.39, 0.29) is 0 Å². The van der Waals surface area contributed by atoms with Crippen molar-refractivity contribution in [3.63, 3.8) is 0 Å². The lowest BCUT2D eigenvalue weighted by Gasteiger charge is -2.13. The molecule has 4 heterocycles. The molecule has 7 aromatic carbocycles. The molecule has 0 aliphatic rings. The molecule has 5 heteroatoms. The first-order chi connectivity index (χ1) is 25.8. The predicted octanol–water partition coefficient (Wildman–Crippen LogP) is 11.7. The fraction of sp³-hybridized carbons (Fsp3) is 0. The molecule has 0 atom stereocenters. The monoisotopic (exact) mass is 663 g/mol. The van der Waals surface area contributed by atoms with Crippen molar-refractivity contribution in [1.82, 2.24) is 23.9 Å². The van der Waals surface area contributed by atoms with Crippen LogP contribution in [-0.4, -0.2) is 23.9 Å². The first kappa shape index (κ1) is 28.7. The van der Waals surface area contributed by atoms with Crippen molar-refractivity contribution in [3.8, 4) is 39.6 Å². The van der Waals surface area contributed by atoms with Gasteiger partial charge in [0.05, 0.1) is 39.0 Å². The number of rotatable bonds is 4. The molecule has 0 unspecified atom stereocenters. The number of nitrogens with zero attached hydrogens (tertiary/aromatic N) is 5. The maximum atomic E-state index is 5.14. The molecule has 0 radical (unpaired) electrons. The summed E-state index contributed by atoms with van der Waals surface area (Å²) in [6, 6.07) is 61.9. The molecule has 11 rings (SSSR count). The lowest BCUT2D eigenvalue weighted by atomic mass is 10.0. The standard InChI is InChI=1S/C47H29N5/c1-3-14-30(15-4-1)40-29-41(31-16-5-2-6-17-31)49-46(48-40)32-18-13-19-33(26-32)51-42-24-11-9-21-35(42)38-28-45-37(27-44(38)51)34-20-7-8-22-36(34)47-50-39-23-10-12-25-43(39)52(45)47/h1-29H. The maximum Gasteiger partial charge on any atom is 0.160 e. The van der Waals surface area contributed by atoms with E-state index in [2.05, 4.69) is 173 Å². The normalized spacial score (nSPS) is 11.8. The van der Waals surface area contributed by atoms with Gasteiger partial charge in [-0.25, -0.2) is 15.0 Å². The van der Waals surface area contributed by atoms with Crippen molar-refractivity contribution in [3.05, 3.63) is 176 Å². The van der Waals surface area contributed by atoms with Gasteiger partial charge in [0.1, 0.15) is 5.65 Å². The summed E-state index contributed by atoms with van der Waals surface area (Å²) in [6.45, 7) is 0. The van der Waals surface area contributed by atoms with Gasteiger partial charge in [-0.1, -0.05) is 127 Å². The lowest BCUT2D eigenvalue weighted by molar-refractivity contribution is 1.16. The van der Waals surface area contributed by atoms with E-state index in [1.54, 1.807) is 0 Å². The first-order valence-corrected chi connectivity index (χ1v) is 17.5. The average molecular weight is 664 g/mol. The third-order valence-electron chi connectivity index (χ3n) is 10.3. The molecule has 0 aliphatic heterocycles. The van der Waals surface area contributed by atoms with Gasteiger partial charge < -0.3 is 4.57 Å². The van der Waals surface area contributed by atoms with Crippen molar-refractivity contribution in [2.75, 3.05) is 0 Å². The van der Waals surface area contributed by atoms with E-state index in [1.807, 2.05) is 12.1 Å². The van der Waals surface area contributed by atoms with Gasteiger partial charge in [0.2, 0.25) is 0 Å². The van der Waals surface area contributed by atoms with Crippen molar-refractivity contribution >= 4 is 60.2 Å². The molecule has 11 aromatic rings. The fourth-order valence-electron chi connectivity index (χ4n) is 7.92. The molecule has 0 spiro atoms. The predicted molar refractivity (Wildman–Crippen MR) is 214 cm³/mol. The minimum absolute atomic E-state index is 0.689. The summed E-state index contributed by atoms with van der Waals surface area (Å²) in [5.41, 5.74) is 12.4. The Morgan fingerprint density at radius 2 is 0.923 bits per heavy atom. The highest BCUT2D eigenvalue weighted by atomic mass is 15.0. The molecule has 4 aromatic heterocycles. The molecule has 0 saturated carbocycles. The summed E-state index contributed by atoms with van der Waals surface area (Å²) < 4.78 is 4.72. The Balaban J connectivity index is 1.18. The largest absolute Gasteiger partial charge is 0.309 e. The Hall–Kier alpha value is -7.11. The second kappa shape index (κ2) is 11.2. The second-order valence-electron chi connectivity index (χ2n) is 13.3. The van der Waals surface area contributed by atoms with Crippen LogP contribution in [0, 0.1) is 0 Å². The number of imidazole rings is 1. The molecule has 5 nitrogen and oxygen atoms in total. The molecule has 52 heavy (non-hydrogen) atoms. The van der Waals surface area contributed by atoms with Crippen LogP contribution in [0.5, 0.6) is 0 Å². The van der Waals surface area contributed by atoms with Crippen molar-refractivity contribution in [2.24, 2.45) is 0 Å². The van der Waals surface area contributed by atoms with E-state index in [4.69, 9.17) is 15.0 Å². The van der Waals surface area contributed by atoms with Crippen LogP contribution in [0.15, 0.2) is 176 Å². The highest BCUT2D eigenvalue weighted by molar-refractivity contribution is 6.20. The summed E-state index contributed by atoms with van der Waals surface area (Å²) in [4.78, 5) is 15.4. The number of para-hydroxylation sites is 3. The minimum Gasteiger partial charge on any atom is -0.309 e. The van der Waals surface area contributed by atoms with Gasteiger partial charge in [0.25, 0.3) is 0 Å². The summed E-state index contributed by atoms with van der Waals surface area (Å²) in [7, 11) is 0. The summed E-state index contributed by atoms with van der Waals surface area (Å²) >= 11 is 0. The van der Waals surface area contributed by atoms with Crippen molar-refractivity contribution < 1.29 is 0 Å². The lowest BCUT2D eigenvalue weighted by Crippen LogP contribution is -1.98. The number of hydrogen-bond donors (Lipinski definition) is 0. The quantitative estimate of drug-likeness (QED) is 0.176. The van der Waals surface area contributed by atoms with Crippen LogP contribution in [-0.2, 0) is 0 Å². The number of benzene rings is 7. The maximum absolute atomic E-state index is 5.14. The molecular formula is C47H29N5. The van der Waals surface area contributed by atoms with Gasteiger partial charge in [-0.3, -0.25) is 4.40 Å². The van der Waals surface area contributed by atoms with E-state index < -0.39 is 0 Å². The first-order valence-electron chi connectivity index (χ1n) is 17.5. The van der Waals surface area contributed by atoms with Gasteiger partial charge in [-0.2, -0.15) is 0 Å². The fourth-order valence-corrected chi connectivity index (χ4v) is 7.92. The summed E-state index contributed by atoms with van der Waals surface area (Å²) in [6.07, 6.45) is 0. The Morgan fingerprint density at radius 1 is 0.346 bits per heavy atom. The summed E-state index contributed by atoms with van der Waals surface area (Å²) in [5.74, 6) is 0.689. The van der Waals surface area contributed by atoms with Gasteiger partial charge in [-0.15, -0.1) is 0 Å². The van der Waals surface area contributed by atoms with Crippen LogP contribution in [0.25, 0.3) is 99.8 Å².